The molecule has 0 rings (SSSR count). The summed E-state index contributed by atoms with van der Waals surface area (Å²) in [5.41, 5.74) is 5.62. The van der Waals surface area contributed by atoms with Crippen LogP contribution in [0.2, 0.25) is 0 Å². The topological polar surface area (TPSA) is 61.0 Å². The highest BCUT2D eigenvalue weighted by molar-refractivity contribution is 7.78. The molecule has 0 atom stereocenters. The van der Waals surface area contributed by atoms with Crippen LogP contribution < -0.4 is 11.9 Å². The quantitative estimate of drug-likeness (QED) is 0.403. The summed E-state index contributed by atoms with van der Waals surface area (Å²) in [6.45, 7) is 0. The molecule has 0 bridgehead atoms. The number of thiocarbonyl (C=S) groups is 1. The molecular formula is CH6N2S. The summed E-state index contributed by atoms with van der Waals surface area (Å²) in [6, 6.07) is 0. The van der Waals surface area contributed by atoms with E-state index in [1.165, 1.54) is 0 Å². The van der Waals surface area contributed by atoms with Crippen LogP contribution in [0, 0.1) is 0 Å². The summed E-state index contributed by atoms with van der Waals surface area (Å²) in [4.78, 5) is 0. The first kappa shape index (κ1) is 9.14. The minimum absolute atomic E-state index is 0. The third-order valence-electron chi connectivity index (χ3n) is 0. The van der Waals surface area contributed by atoms with Crippen molar-refractivity contribution in [1.82, 2.24) is 6.15 Å². The van der Waals surface area contributed by atoms with Gasteiger partial charge in [0.05, 0.1) is 5.49 Å². The standard InChI is InChI=1S/CH3NS.H3N/c2-1-3;/h1H,(H2,2,3);1H3. The van der Waals surface area contributed by atoms with Gasteiger partial charge in [-0.1, -0.05) is 12.2 Å². The highest BCUT2D eigenvalue weighted by Gasteiger charge is 1.13. The maximum Gasteiger partial charge on any atom is 0.0588 e. The van der Waals surface area contributed by atoms with Gasteiger partial charge >= 0.3 is 0 Å². The average molecular weight is 78.1 g/mol. The van der Waals surface area contributed by atoms with Crippen LogP contribution in [-0.4, -0.2) is 5.49 Å². The molecule has 26 valence electrons. The van der Waals surface area contributed by atoms with Crippen LogP contribution in [0.15, 0.2) is 0 Å². The second-order valence-corrected chi connectivity index (χ2v) is 0.408. The Kier molecular flexibility index (Phi) is 30.8. The van der Waals surface area contributed by atoms with E-state index < -0.39 is 0 Å². The van der Waals surface area contributed by atoms with Gasteiger partial charge in [0.1, 0.15) is 0 Å². The Bertz CT molecular complexity index is 13.5. The number of hydrogen-bond donors (Lipinski definition) is 2. The van der Waals surface area contributed by atoms with E-state index in [0.717, 1.165) is 5.49 Å². The first-order valence-corrected chi connectivity index (χ1v) is 1.04. The normalized spacial score (nSPS) is 3.00. The fourth-order valence-corrected chi connectivity index (χ4v) is 0. The molecule has 5 N–H and O–H groups in total. The Morgan fingerprint density at radius 2 is 1.75 bits per heavy atom. The van der Waals surface area contributed by atoms with E-state index in [1.807, 2.05) is 0 Å². The maximum atomic E-state index is 4.54. The molecule has 0 saturated heterocycles. The van der Waals surface area contributed by atoms with Gasteiger partial charge in [0, 0.05) is 0 Å². The van der Waals surface area contributed by atoms with Crippen molar-refractivity contribution >= 4 is 17.7 Å². The minimum Gasteiger partial charge on any atom is -0.396 e. The molecule has 3 heteroatoms. The largest absolute Gasteiger partial charge is 0.396 e. The maximum absolute atomic E-state index is 4.54. The van der Waals surface area contributed by atoms with Crippen LogP contribution in [0.5, 0.6) is 0 Å². The Balaban J connectivity index is 0. The van der Waals surface area contributed by atoms with Crippen molar-refractivity contribution in [3.05, 3.63) is 0 Å². The van der Waals surface area contributed by atoms with E-state index in [4.69, 9.17) is 0 Å². The minimum atomic E-state index is 0. The Hall–Kier alpha value is -0.150. The molecule has 0 amide bonds. The van der Waals surface area contributed by atoms with E-state index in [1.54, 1.807) is 0 Å². The number of hydrogen-bond acceptors (Lipinski definition) is 2. The van der Waals surface area contributed by atoms with E-state index in [9.17, 15) is 0 Å². The first-order chi connectivity index (χ1) is 1.41. The molecule has 0 aromatic carbocycles. The van der Waals surface area contributed by atoms with Crippen molar-refractivity contribution in [3.8, 4) is 0 Å². The van der Waals surface area contributed by atoms with Crippen molar-refractivity contribution in [3.63, 3.8) is 0 Å². The van der Waals surface area contributed by atoms with Crippen LogP contribution in [0.3, 0.4) is 0 Å². The third-order valence-corrected chi connectivity index (χ3v) is 0. The van der Waals surface area contributed by atoms with Crippen molar-refractivity contribution in [2.75, 3.05) is 0 Å². The number of rotatable bonds is 0. The van der Waals surface area contributed by atoms with E-state index in [-0.39, 0.29) is 6.15 Å². The van der Waals surface area contributed by atoms with E-state index in [0.29, 0.717) is 0 Å². The first-order valence-electron chi connectivity index (χ1n) is 0.569. The van der Waals surface area contributed by atoms with Crippen molar-refractivity contribution in [2.45, 2.75) is 0 Å². The van der Waals surface area contributed by atoms with Gasteiger partial charge in [-0.05, 0) is 0 Å². The molecule has 0 aromatic heterocycles. The van der Waals surface area contributed by atoms with Gasteiger partial charge in [-0.25, -0.2) is 0 Å². The fraction of sp³-hybridized carbons (Fsp3) is 0. The lowest BCUT2D eigenvalue weighted by molar-refractivity contribution is 1.93. The Labute approximate surface area is 30.6 Å². The summed E-state index contributed by atoms with van der Waals surface area (Å²) in [5, 5.41) is 0. The van der Waals surface area contributed by atoms with Crippen molar-refractivity contribution in [2.24, 2.45) is 5.73 Å². The monoisotopic (exact) mass is 78.0 g/mol. The van der Waals surface area contributed by atoms with Gasteiger partial charge in [0.15, 0.2) is 0 Å². The smallest absolute Gasteiger partial charge is 0.0588 e. The SMILES string of the molecule is N.NC=S. The third kappa shape index (κ3) is 59.4. The van der Waals surface area contributed by atoms with Crippen LogP contribution >= 0.6 is 12.2 Å². The molecule has 0 spiro atoms. The molecule has 4 heavy (non-hydrogen) atoms. The lowest BCUT2D eigenvalue weighted by Crippen LogP contribution is -1.79. The van der Waals surface area contributed by atoms with Crippen LogP contribution in [0.4, 0.5) is 0 Å². The summed E-state index contributed by atoms with van der Waals surface area (Å²) >= 11 is 4.05. The highest BCUT2D eigenvalue weighted by atomic mass is 32.1. The average Bonchev–Trinajstić information content (AvgIpc) is 0.918. The molecular weight excluding hydrogens is 72.1 g/mol. The summed E-state index contributed by atoms with van der Waals surface area (Å²) in [5.74, 6) is 0. The number of nitrogens with two attached hydrogens (primary N) is 1. The molecule has 0 aromatic rings. The lowest BCUT2D eigenvalue weighted by Gasteiger charge is -1.36. The van der Waals surface area contributed by atoms with Gasteiger partial charge in [0.2, 0.25) is 0 Å². The molecule has 2 nitrogen and oxygen atoms in total. The van der Waals surface area contributed by atoms with E-state index >= 15 is 0 Å². The molecule has 0 radical (unpaired) electrons. The fourth-order valence-electron chi connectivity index (χ4n) is 0. The zero-order valence-corrected chi connectivity index (χ0v) is 3.09. The second-order valence-electron chi connectivity index (χ2n) is 0.136. The highest BCUT2D eigenvalue weighted by Crippen LogP contribution is 1.16. The molecule has 0 unspecified atom stereocenters. The molecule has 0 aliphatic carbocycles. The Morgan fingerprint density at radius 1 is 1.75 bits per heavy atom. The summed E-state index contributed by atoms with van der Waals surface area (Å²) < 4.78 is 0. The van der Waals surface area contributed by atoms with Gasteiger partial charge in [-0.3, -0.25) is 0 Å². The molecule has 0 aliphatic rings. The predicted octanol–water partition coefficient (Wildman–Crippen LogP) is 0.0643. The van der Waals surface area contributed by atoms with Crippen LogP contribution in [0.25, 0.3) is 0 Å². The van der Waals surface area contributed by atoms with Crippen molar-refractivity contribution < 1.29 is 0 Å². The summed E-state index contributed by atoms with van der Waals surface area (Å²) in [7, 11) is 0. The van der Waals surface area contributed by atoms with Crippen LogP contribution in [-0.2, 0) is 0 Å². The van der Waals surface area contributed by atoms with Gasteiger partial charge in [-0.15, -0.1) is 0 Å². The van der Waals surface area contributed by atoms with Gasteiger partial charge < -0.3 is 11.9 Å². The summed E-state index contributed by atoms with van der Waals surface area (Å²) in [6.07, 6.45) is 0. The molecule has 0 heterocycles. The zero-order valence-electron chi connectivity index (χ0n) is 2.27. The molecule has 0 saturated carbocycles. The van der Waals surface area contributed by atoms with Crippen molar-refractivity contribution in [1.29, 1.82) is 0 Å². The Morgan fingerprint density at radius 3 is 1.75 bits per heavy atom. The lowest BCUT2D eigenvalue weighted by atomic mass is 11.6. The van der Waals surface area contributed by atoms with Gasteiger partial charge in [-0.2, -0.15) is 0 Å². The second kappa shape index (κ2) is 13.5. The van der Waals surface area contributed by atoms with Gasteiger partial charge in [0.25, 0.3) is 0 Å². The van der Waals surface area contributed by atoms with E-state index in [2.05, 4.69) is 18.0 Å². The predicted molar refractivity (Wildman–Crippen MR) is 22.9 cm³/mol. The molecule has 0 aliphatic heterocycles. The zero-order chi connectivity index (χ0) is 2.71. The molecule has 0 fully saturated rings. The van der Waals surface area contributed by atoms with Crippen LogP contribution in [0.1, 0.15) is 0 Å².